The SMILES string of the molecule is CC1=C2C(=Nc3ccc(C4=CC=CC4)cc32)c2cc(C)ccc21. The number of fused-ring (bicyclic) bond motifs is 5. The molecule has 0 spiro atoms. The molecule has 5 rings (SSSR count). The van der Waals surface area contributed by atoms with Crippen LogP contribution in [-0.2, 0) is 0 Å². The summed E-state index contributed by atoms with van der Waals surface area (Å²) in [5, 5.41) is 0. The number of allylic oxidation sites excluding steroid dienone is 6. The number of rotatable bonds is 1. The summed E-state index contributed by atoms with van der Waals surface area (Å²) >= 11 is 0. The molecular weight excluding hydrogens is 278 g/mol. The predicted molar refractivity (Wildman–Crippen MR) is 98.0 cm³/mol. The summed E-state index contributed by atoms with van der Waals surface area (Å²) in [4.78, 5) is 4.94. The average molecular weight is 295 g/mol. The van der Waals surface area contributed by atoms with Crippen molar-refractivity contribution in [2.75, 3.05) is 0 Å². The minimum absolute atomic E-state index is 1.03. The third kappa shape index (κ3) is 1.71. The van der Waals surface area contributed by atoms with E-state index in [-0.39, 0.29) is 0 Å². The van der Waals surface area contributed by atoms with Crippen LogP contribution in [0.4, 0.5) is 5.69 Å². The number of aliphatic imine (C=N–C) groups is 1. The molecule has 0 fully saturated rings. The van der Waals surface area contributed by atoms with Gasteiger partial charge in [0.25, 0.3) is 0 Å². The van der Waals surface area contributed by atoms with Gasteiger partial charge in [0.1, 0.15) is 0 Å². The van der Waals surface area contributed by atoms with Gasteiger partial charge in [0.2, 0.25) is 0 Å². The lowest BCUT2D eigenvalue weighted by atomic mass is 9.96. The van der Waals surface area contributed by atoms with Crippen molar-refractivity contribution in [2.24, 2.45) is 4.99 Å². The van der Waals surface area contributed by atoms with E-state index in [1.54, 1.807) is 0 Å². The van der Waals surface area contributed by atoms with Gasteiger partial charge in [-0.3, -0.25) is 0 Å². The van der Waals surface area contributed by atoms with Crippen LogP contribution in [0.2, 0.25) is 0 Å². The Morgan fingerprint density at radius 1 is 0.913 bits per heavy atom. The Labute approximate surface area is 136 Å². The van der Waals surface area contributed by atoms with Gasteiger partial charge in [-0.15, -0.1) is 0 Å². The van der Waals surface area contributed by atoms with Crippen LogP contribution in [0.3, 0.4) is 0 Å². The second kappa shape index (κ2) is 4.42. The van der Waals surface area contributed by atoms with Crippen molar-refractivity contribution in [3.05, 3.63) is 82.4 Å². The zero-order valence-corrected chi connectivity index (χ0v) is 13.4. The lowest BCUT2D eigenvalue weighted by molar-refractivity contribution is 1.41. The van der Waals surface area contributed by atoms with Gasteiger partial charge in [-0.2, -0.15) is 0 Å². The first-order chi connectivity index (χ1) is 11.2. The minimum Gasteiger partial charge on any atom is -0.247 e. The summed E-state index contributed by atoms with van der Waals surface area (Å²) in [5.74, 6) is 0. The van der Waals surface area contributed by atoms with Gasteiger partial charge in [-0.1, -0.05) is 42.0 Å². The van der Waals surface area contributed by atoms with Crippen molar-refractivity contribution < 1.29 is 0 Å². The quantitative estimate of drug-likeness (QED) is 0.638. The summed E-state index contributed by atoms with van der Waals surface area (Å²) in [6, 6.07) is 13.4. The van der Waals surface area contributed by atoms with Crippen molar-refractivity contribution in [1.82, 2.24) is 0 Å². The summed E-state index contributed by atoms with van der Waals surface area (Å²) < 4.78 is 0. The van der Waals surface area contributed by atoms with E-state index in [4.69, 9.17) is 4.99 Å². The van der Waals surface area contributed by atoms with Crippen LogP contribution in [-0.4, -0.2) is 5.71 Å². The first kappa shape index (κ1) is 12.8. The molecule has 0 bridgehead atoms. The molecule has 1 heteroatoms. The Balaban J connectivity index is 1.69. The van der Waals surface area contributed by atoms with Crippen LogP contribution >= 0.6 is 0 Å². The van der Waals surface area contributed by atoms with Gasteiger partial charge in [0, 0.05) is 16.7 Å². The number of nitrogens with zero attached hydrogens (tertiary/aromatic N) is 1. The van der Waals surface area contributed by atoms with Crippen LogP contribution in [0.25, 0.3) is 16.7 Å². The van der Waals surface area contributed by atoms with E-state index in [1.807, 2.05) is 0 Å². The highest BCUT2D eigenvalue weighted by atomic mass is 14.8. The third-order valence-electron chi connectivity index (χ3n) is 5.09. The summed E-state index contributed by atoms with van der Waals surface area (Å²) in [7, 11) is 0. The molecule has 23 heavy (non-hydrogen) atoms. The van der Waals surface area contributed by atoms with E-state index in [1.165, 1.54) is 44.5 Å². The topological polar surface area (TPSA) is 12.4 Å². The normalized spacial score (nSPS) is 17.1. The van der Waals surface area contributed by atoms with E-state index < -0.39 is 0 Å². The van der Waals surface area contributed by atoms with Crippen molar-refractivity contribution in [1.29, 1.82) is 0 Å². The smallest absolute Gasteiger partial charge is 0.0797 e. The highest BCUT2D eigenvalue weighted by Gasteiger charge is 2.32. The molecule has 1 nitrogen and oxygen atoms in total. The fourth-order valence-corrected chi connectivity index (χ4v) is 3.89. The fraction of sp³-hybridized carbons (Fsp3) is 0.136. The summed E-state index contributed by atoms with van der Waals surface area (Å²) in [5.41, 5.74) is 12.9. The molecule has 1 aliphatic heterocycles. The van der Waals surface area contributed by atoms with Gasteiger partial charge in [-0.25, -0.2) is 4.99 Å². The molecule has 2 aromatic carbocycles. The maximum atomic E-state index is 4.94. The Morgan fingerprint density at radius 3 is 2.65 bits per heavy atom. The highest BCUT2D eigenvalue weighted by Crippen LogP contribution is 2.47. The van der Waals surface area contributed by atoms with Gasteiger partial charge < -0.3 is 0 Å². The van der Waals surface area contributed by atoms with E-state index in [2.05, 4.69) is 68.5 Å². The van der Waals surface area contributed by atoms with Gasteiger partial charge in [-0.05, 0) is 60.7 Å². The zero-order valence-electron chi connectivity index (χ0n) is 13.4. The van der Waals surface area contributed by atoms with Crippen LogP contribution in [0, 0.1) is 6.92 Å². The molecule has 0 saturated heterocycles. The molecule has 0 amide bonds. The third-order valence-corrected chi connectivity index (χ3v) is 5.09. The van der Waals surface area contributed by atoms with Crippen molar-refractivity contribution >= 4 is 28.1 Å². The second-order valence-corrected chi connectivity index (χ2v) is 6.57. The molecule has 0 atom stereocenters. The fourth-order valence-electron chi connectivity index (χ4n) is 3.89. The maximum absolute atomic E-state index is 4.94. The van der Waals surface area contributed by atoms with Crippen LogP contribution < -0.4 is 0 Å². The van der Waals surface area contributed by atoms with Gasteiger partial charge in [0.05, 0.1) is 11.4 Å². The summed E-state index contributed by atoms with van der Waals surface area (Å²) in [6.07, 6.45) is 7.60. The molecule has 2 aromatic rings. The van der Waals surface area contributed by atoms with E-state index in [0.29, 0.717) is 0 Å². The van der Waals surface area contributed by atoms with E-state index in [9.17, 15) is 0 Å². The molecule has 0 aromatic heterocycles. The molecule has 0 N–H and O–H groups in total. The Morgan fingerprint density at radius 2 is 1.83 bits per heavy atom. The van der Waals surface area contributed by atoms with Crippen LogP contribution in [0.1, 0.15) is 41.2 Å². The number of benzene rings is 2. The van der Waals surface area contributed by atoms with Gasteiger partial charge in [0.15, 0.2) is 0 Å². The Bertz CT molecular complexity index is 997. The Hall–Kier alpha value is -2.67. The van der Waals surface area contributed by atoms with Gasteiger partial charge >= 0.3 is 0 Å². The van der Waals surface area contributed by atoms with E-state index >= 15 is 0 Å². The molecule has 110 valence electrons. The minimum atomic E-state index is 1.03. The molecule has 0 saturated carbocycles. The van der Waals surface area contributed by atoms with Crippen LogP contribution in [0.15, 0.2) is 59.6 Å². The van der Waals surface area contributed by atoms with Crippen LogP contribution in [0.5, 0.6) is 0 Å². The molecule has 2 aliphatic carbocycles. The zero-order chi connectivity index (χ0) is 15.6. The van der Waals surface area contributed by atoms with E-state index in [0.717, 1.165) is 17.8 Å². The second-order valence-electron chi connectivity index (χ2n) is 6.57. The molecule has 0 radical (unpaired) electrons. The van der Waals surface area contributed by atoms with Crippen molar-refractivity contribution in [3.8, 4) is 0 Å². The monoisotopic (exact) mass is 295 g/mol. The lowest BCUT2D eigenvalue weighted by Crippen LogP contribution is -1.95. The molecule has 1 heterocycles. The molecule has 3 aliphatic rings. The molecular formula is C22H17N. The maximum Gasteiger partial charge on any atom is 0.0797 e. The highest BCUT2D eigenvalue weighted by molar-refractivity contribution is 6.45. The first-order valence-corrected chi connectivity index (χ1v) is 8.14. The largest absolute Gasteiger partial charge is 0.247 e. The number of aryl methyl sites for hydroxylation is 1. The lowest BCUT2D eigenvalue weighted by Gasteiger charge is -2.07. The van der Waals surface area contributed by atoms with Crippen molar-refractivity contribution in [3.63, 3.8) is 0 Å². The Kier molecular flexibility index (Phi) is 2.47. The summed E-state index contributed by atoms with van der Waals surface area (Å²) in [6.45, 7) is 4.37. The standard InChI is InChI=1S/C22H17N/c1-13-7-9-17-14(2)21-19-12-16(15-5-3-4-6-15)8-10-20(19)23-22(21)18(17)11-13/h3-5,7-12H,6H2,1-2H3. The molecule has 0 unspecified atom stereocenters. The number of hydrogen-bond donors (Lipinski definition) is 0. The average Bonchev–Trinajstić information content (AvgIpc) is 3.25. The predicted octanol–water partition coefficient (Wildman–Crippen LogP) is 5.72. The van der Waals surface area contributed by atoms with Crippen molar-refractivity contribution in [2.45, 2.75) is 20.3 Å². The first-order valence-electron chi connectivity index (χ1n) is 8.14. The number of hydrogen-bond acceptors (Lipinski definition) is 1.